The van der Waals surface area contributed by atoms with Crippen molar-refractivity contribution in [3.8, 4) is 5.75 Å². The van der Waals surface area contributed by atoms with Crippen molar-refractivity contribution in [1.82, 2.24) is 9.78 Å². The van der Waals surface area contributed by atoms with Gasteiger partial charge in [0.25, 0.3) is 0 Å². The summed E-state index contributed by atoms with van der Waals surface area (Å²) in [6.07, 6.45) is 2.40. The third-order valence-electron chi connectivity index (χ3n) is 2.20. The summed E-state index contributed by atoms with van der Waals surface area (Å²) in [7, 11) is 1.89. The van der Waals surface area contributed by atoms with Gasteiger partial charge in [-0.1, -0.05) is 0 Å². The first-order chi connectivity index (χ1) is 5.20. The summed E-state index contributed by atoms with van der Waals surface area (Å²) in [5.41, 5.74) is 1.76. The summed E-state index contributed by atoms with van der Waals surface area (Å²) < 4.78 is 1.79. The molecule has 1 aliphatic rings. The maximum Gasteiger partial charge on any atom is 0.160 e. The predicted molar refractivity (Wildman–Crippen MR) is 41.6 cm³/mol. The minimum atomic E-state index is 0.398. The Morgan fingerprint density at radius 3 is 2.55 bits per heavy atom. The Balaban J connectivity index is 2.50. The minimum Gasteiger partial charge on any atom is -0.504 e. The van der Waals surface area contributed by atoms with Crippen molar-refractivity contribution >= 4 is 0 Å². The molecule has 0 atom stereocenters. The molecule has 1 aromatic heterocycles. The molecule has 0 bridgehead atoms. The van der Waals surface area contributed by atoms with Gasteiger partial charge in [0.05, 0.1) is 5.69 Å². The largest absolute Gasteiger partial charge is 0.504 e. The first kappa shape index (κ1) is 6.70. The zero-order valence-corrected chi connectivity index (χ0v) is 6.83. The van der Waals surface area contributed by atoms with Crippen LogP contribution in [0.3, 0.4) is 0 Å². The molecule has 0 spiro atoms. The van der Waals surface area contributed by atoms with E-state index in [-0.39, 0.29) is 0 Å². The molecule has 11 heavy (non-hydrogen) atoms. The molecule has 1 aromatic rings. The molecule has 0 aliphatic heterocycles. The molecule has 1 aliphatic carbocycles. The van der Waals surface area contributed by atoms with Crippen molar-refractivity contribution in [3.63, 3.8) is 0 Å². The number of rotatable bonds is 1. The maximum atomic E-state index is 9.55. The van der Waals surface area contributed by atoms with Crippen LogP contribution in [0.4, 0.5) is 0 Å². The standard InChI is InChI=1S/C8H12N2O/c1-5-8(11)7(6-3-4-6)10(2)9-5/h6,11H,3-4H2,1-2H3. The van der Waals surface area contributed by atoms with Crippen LogP contribution in [0.15, 0.2) is 0 Å². The summed E-state index contributed by atoms with van der Waals surface area (Å²) in [5.74, 6) is 0.969. The van der Waals surface area contributed by atoms with Crippen molar-refractivity contribution in [3.05, 3.63) is 11.4 Å². The SMILES string of the molecule is Cc1nn(C)c(C2CC2)c1O. The average Bonchev–Trinajstić information content (AvgIpc) is 2.68. The Hall–Kier alpha value is -0.990. The molecule has 3 nitrogen and oxygen atoms in total. The molecule has 0 saturated heterocycles. The Morgan fingerprint density at radius 1 is 1.55 bits per heavy atom. The molecule has 3 heteroatoms. The van der Waals surface area contributed by atoms with Crippen LogP contribution in [0.5, 0.6) is 5.75 Å². The van der Waals surface area contributed by atoms with Crippen molar-refractivity contribution in [1.29, 1.82) is 0 Å². The lowest BCUT2D eigenvalue weighted by Gasteiger charge is -1.97. The molecule has 0 aromatic carbocycles. The van der Waals surface area contributed by atoms with Crippen LogP contribution in [0.25, 0.3) is 0 Å². The van der Waals surface area contributed by atoms with E-state index in [1.165, 1.54) is 12.8 Å². The fraction of sp³-hybridized carbons (Fsp3) is 0.625. The minimum absolute atomic E-state index is 0.398. The molecular formula is C8H12N2O. The summed E-state index contributed by atoms with van der Waals surface area (Å²) in [5, 5.41) is 13.7. The predicted octanol–water partition coefficient (Wildman–Crippen LogP) is 1.31. The van der Waals surface area contributed by atoms with Crippen LogP contribution < -0.4 is 0 Å². The molecule has 1 saturated carbocycles. The highest BCUT2D eigenvalue weighted by Gasteiger charge is 2.30. The monoisotopic (exact) mass is 152 g/mol. The Morgan fingerprint density at radius 2 is 2.18 bits per heavy atom. The van der Waals surface area contributed by atoms with Gasteiger partial charge >= 0.3 is 0 Å². The average molecular weight is 152 g/mol. The van der Waals surface area contributed by atoms with E-state index in [4.69, 9.17) is 0 Å². The van der Waals surface area contributed by atoms with Gasteiger partial charge in [-0.05, 0) is 19.8 Å². The Kier molecular flexibility index (Phi) is 1.22. The number of hydrogen-bond acceptors (Lipinski definition) is 2. The summed E-state index contributed by atoms with van der Waals surface area (Å²) in [6.45, 7) is 1.83. The van der Waals surface area contributed by atoms with Gasteiger partial charge in [0.2, 0.25) is 0 Å². The van der Waals surface area contributed by atoms with E-state index in [2.05, 4.69) is 5.10 Å². The van der Waals surface area contributed by atoms with E-state index >= 15 is 0 Å². The number of hydrogen-bond donors (Lipinski definition) is 1. The normalized spacial score (nSPS) is 17.3. The van der Waals surface area contributed by atoms with Crippen LogP contribution in [0.1, 0.15) is 30.1 Å². The van der Waals surface area contributed by atoms with Gasteiger partial charge in [-0.15, -0.1) is 0 Å². The molecule has 0 amide bonds. The van der Waals surface area contributed by atoms with Crippen LogP contribution in [-0.2, 0) is 7.05 Å². The summed E-state index contributed by atoms with van der Waals surface area (Å²) in [4.78, 5) is 0. The highest BCUT2D eigenvalue weighted by Crippen LogP contribution is 2.44. The molecule has 1 N–H and O–H groups in total. The quantitative estimate of drug-likeness (QED) is 0.659. The van der Waals surface area contributed by atoms with Crippen LogP contribution >= 0.6 is 0 Å². The lowest BCUT2D eigenvalue weighted by molar-refractivity contribution is 0.462. The highest BCUT2D eigenvalue weighted by atomic mass is 16.3. The zero-order valence-electron chi connectivity index (χ0n) is 6.83. The van der Waals surface area contributed by atoms with Gasteiger partial charge in [-0.25, -0.2) is 0 Å². The van der Waals surface area contributed by atoms with Gasteiger partial charge < -0.3 is 5.11 Å². The molecule has 0 unspecified atom stereocenters. The number of aryl methyl sites for hydroxylation is 2. The Labute approximate surface area is 65.7 Å². The van der Waals surface area contributed by atoms with E-state index in [1.807, 2.05) is 14.0 Å². The highest BCUT2D eigenvalue weighted by molar-refractivity contribution is 5.35. The zero-order chi connectivity index (χ0) is 8.01. The first-order valence-electron chi connectivity index (χ1n) is 3.92. The van der Waals surface area contributed by atoms with Crippen LogP contribution in [0, 0.1) is 6.92 Å². The van der Waals surface area contributed by atoms with Gasteiger partial charge in [-0.2, -0.15) is 5.10 Å². The van der Waals surface area contributed by atoms with Gasteiger partial charge in [0, 0.05) is 13.0 Å². The van der Waals surface area contributed by atoms with Gasteiger partial charge in [0.15, 0.2) is 5.75 Å². The Bertz CT molecular complexity index is 287. The topological polar surface area (TPSA) is 38.0 Å². The number of nitrogens with zero attached hydrogens (tertiary/aromatic N) is 2. The first-order valence-corrected chi connectivity index (χ1v) is 3.92. The van der Waals surface area contributed by atoms with Crippen molar-refractivity contribution < 1.29 is 5.11 Å². The van der Waals surface area contributed by atoms with E-state index < -0.39 is 0 Å². The second-order valence-corrected chi connectivity index (χ2v) is 3.22. The van der Waals surface area contributed by atoms with E-state index in [1.54, 1.807) is 4.68 Å². The van der Waals surface area contributed by atoms with E-state index in [0.29, 0.717) is 11.7 Å². The third-order valence-corrected chi connectivity index (χ3v) is 2.20. The summed E-state index contributed by atoms with van der Waals surface area (Å²) in [6, 6.07) is 0. The number of aromatic hydroxyl groups is 1. The lowest BCUT2D eigenvalue weighted by atomic mass is 10.2. The lowest BCUT2D eigenvalue weighted by Crippen LogP contribution is -1.95. The maximum absolute atomic E-state index is 9.55. The van der Waals surface area contributed by atoms with Crippen molar-refractivity contribution in [2.24, 2.45) is 7.05 Å². The van der Waals surface area contributed by atoms with Crippen molar-refractivity contribution in [2.45, 2.75) is 25.7 Å². The van der Waals surface area contributed by atoms with Crippen molar-refractivity contribution in [2.75, 3.05) is 0 Å². The van der Waals surface area contributed by atoms with Crippen LogP contribution in [0.2, 0.25) is 0 Å². The molecule has 1 heterocycles. The molecule has 1 fully saturated rings. The van der Waals surface area contributed by atoms with Gasteiger partial charge in [0.1, 0.15) is 5.69 Å². The molecular weight excluding hydrogens is 140 g/mol. The molecule has 0 radical (unpaired) electrons. The second kappa shape index (κ2) is 2.00. The van der Waals surface area contributed by atoms with E-state index in [9.17, 15) is 5.11 Å². The molecule has 2 rings (SSSR count). The third kappa shape index (κ3) is 0.914. The summed E-state index contributed by atoms with van der Waals surface area (Å²) >= 11 is 0. The fourth-order valence-electron chi connectivity index (χ4n) is 1.48. The van der Waals surface area contributed by atoms with Gasteiger partial charge in [-0.3, -0.25) is 4.68 Å². The fourth-order valence-corrected chi connectivity index (χ4v) is 1.48. The van der Waals surface area contributed by atoms with E-state index in [0.717, 1.165) is 11.4 Å². The second-order valence-electron chi connectivity index (χ2n) is 3.22. The molecule has 60 valence electrons. The van der Waals surface area contributed by atoms with Crippen LogP contribution in [-0.4, -0.2) is 14.9 Å². The number of aromatic nitrogens is 2. The smallest absolute Gasteiger partial charge is 0.160 e.